The molecule has 2 aromatic rings. The van der Waals surface area contributed by atoms with E-state index in [4.69, 9.17) is 9.47 Å². The first kappa shape index (κ1) is 37.6. The van der Waals surface area contributed by atoms with Crippen LogP contribution in [-0.4, -0.2) is 96.1 Å². The Bertz CT molecular complexity index is 1580. The molecule has 4 amide bonds. The molecule has 0 aliphatic carbocycles. The Morgan fingerprint density at radius 3 is 2.27 bits per heavy atom. The molecule has 0 spiro atoms. The number of likely N-dealkylation sites (N-methyl/N-ethyl adjacent to an activating group) is 1. The van der Waals surface area contributed by atoms with Crippen molar-refractivity contribution in [2.45, 2.75) is 97.1 Å². The SMILES string of the molecule is COC(=O)[C@H](Cc1ccc2ccccc2c1)NC(=O)[C@@H]1[C@H](N=[N+]=[N-])CCN1C(=O)[C@@H](NC(=O)[C@H](C)N(C)C(=O)OC(C)(C)C)C(C)(C)C. The maximum Gasteiger partial charge on any atom is 0.410 e. The molecule has 0 radical (unpaired) electrons. The molecule has 48 heavy (non-hydrogen) atoms. The van der Waals surface area contributed by atoms with Crippen molar-refractivity contribution in [2.75, 3.05) is 20.7 Å². The van der Waals surface area contributed by atoms with Gasteiger partial charge in [0, 0.05) is 24.9 Å². The van der Waals surface area contributed by atoms with Crippen LogP contribution in [0.3, 0.4) is 0 Å². The molecule has 0 bridgehead atoms. The van der Waals surface area contributed by atoms with Gasteiger partial charge in [-0.25, -0.2) is 9.59 Å². The predicted molar refractivity (Wildman–Crippen MR) is 179 cm³/mol. The van der Waals surface area contributed by atoms with Crippen LogP contribution >= 0.6 is 0 Å². The third-order valence-corrected chi connectivity index (χ3v) is 8.22. The number of hydrogen-bond acceptors (Lipinski definition) is 8. The number of amides is 4. The molecule has 14 heteroatoms. The minimum atomic E-state index is -1.26. The maximum atomic E-state index is 14.2. The van der Waals surface area contributed by atoms with E-state index in [2.05, 4.69) is 20.7 Å². The van der Waals surface area contributed by atoms with Gasteiger partial charge < -0.3 is 25.0 Å². The third kappa shape index (κ3) is 9.37. The molecular formula is C34H47N7O7. The maximum absolute atomic E-state index is 14.2. The number of rotatable bonds is 10. The van der Waals surface area contributed by atoms with Crippen LogP contribution in [0.25, 0.3) is 21.2 Å². The lowest BCUT2D eigenvalue weighted by molar-refractivity contribution is -0.147. The number of nitrogens with one attached hydrogen (secondary N) is 2. The number of likely N-dealkylation sites (tertiary alicyclic amines) is 1. The second-order valence-electron chi connectivity index (χ2n) is 14.1. The van der Waals surface area contributed by atoms with Crippen molar-refractivity contribution in [1.29, 1.82) is 0 Å². The Labute approximate surface area is 281 Å². The summed E-state index contributed by atoms with van der Waals surface area (Å²) >= 11 is 0. The van der Waals surface area contributed by atoms with E-state index in [1.54, 1.807) is 41.5 Å². The highest BCUT2D eigenvalue weighted by molar-refractivity contribution is 5.96. The molecule has 2 aromatic carbocycles. The largest absolute Gasteiger partial charge is 0.467 e. The molecule has 1 fully saturated rings. The zero-order valence-corrected chi connectivity index (χ0v) is 29.1. The van der Waals surface area contributed by atoms with Gasteiger partial charge in [0.05, 0.1) is 13.2 Å². The van der Waals surface area contributed by atoms with Gasteiger partial charge in [0.25, 0.3) is 0 Å². The van der Waals surface area contributed by atoms with Gasteiger partial charge in [-0.05, 0) is 61.4 Å². The van der Waals surface area contributed by atoms with Crippen LogP contribution < -0.4 is 10.6 Å². The number of azide groups is 1. The monoisotopic (exact) mass is 665 g/mol. The molecule has 1 saturated heterocycles. The van der Waals surface area contributed by atoms with Gasteiger partial charge in [0.15, 0.2) is 0 Å². The molecule has 0 unspecified atom stereocenters. The van der Waals surface area contributed by atoms with Crippen LogP contribution in [0.5, 0.6) is 0 Å². The van der Waals surface area contributed by atoms with Gasteiger partial charge in [-0.2, -0.15) is 0 Å². The van der Waals surface area contributed by atoms with E-state index in [-0.39, 0.29) is 19.4 Å². The van der Waals surface area contributed by atoms with Crippen molar-refractivity contribution in [3.63, 3.8) is 0 Å². The van der Waals surface area contributed by atoms with Crippen LogP contribution in [0.4, 0.5) is 4.79 Å². The summed E-state index contributed by atoms with van der Waals surface area (Å²) in [6.45, 7) is 12.0. The topological polar surface area (TPSA) is 183 Å². The summed E-state index contributed by atoms with van der Waals surface area (Å²) in [6, 6.07) is 8.01. The van der Waals surface area contributed by atoms with Crippen LogP contribution in [0, 0.1) is 5.41 Å². The molecule has 2 N–H and O–H groups in total. The second-order valence-corrected chi connectivity index (χ2v) is 14.1. The van der Waals surface area contributed by atoms with Gasteiger partial charge in [0.2, 0.25) is 17.7 Å². The van der Waals surface area contributed by atoms with Crippen LogP contribution in [-0.2, 0) is 35.1 Å². The molecular weight excluding hydrogens is 618 g/mol. The first-order valence-electron chi connectivity index (χ1n) is 15.8. The average Bonchev–Trinajstić information content (AvgIpc) is 3.44. The highest BCUT2D eigenvalue weighted by Crippen LogP contribution is 2.28. The van der Waals surface area contributed by atoms with Crippen molar-refractivity contribution in [3.8, 4) is 0 Å². The fourth-order valence-corrected chi connectivity index (χ4v) is 5.47. The van der Waals surface area contributed by atoms with E-state index in [1.807, 2.05) is 42.5 Å². The molecule has 1 aliphatic rings. The number of nitrogens with zero attached hydrogens (tertiary/aromatic N) is 5. The van der Waals surface area contributed by atoms with Crippen LogP contribution in [0.2, 0.25) is 0 Å². The minimum absolute atomic E-state index is 0.0595. The first-order chi connectivity index (χ1) is 22.4. The smallest absolute Gasteiger partial charge is 0.410 e. The Morgan fingerprint density at radius 2 is 1.69 bits per heavy atom. The third-order valence-electron chi connectivity index (χ3n) is 8.22. The van der Waals surface area contributed by atoms with Crippen molar-refractivity contribution in [3.05, 3.63) is 58.5 Å². The highest BCUT2D eigenvalue weighted by atomic mass is 16.6. The number of fused-ring (bicyclic) bond motifs is 1. The number of esters is 1. The summed E-state index contributed by atoms with van der Waals surface area (Å²) < 4.78 is 10.4. The fourth-order valence-electron chi connectivity index (χ4n) is 5.47. The molecule has 5 atom stereocenters. The number of benzene rings is 2. The summed E-state index contributed by atoms with van der Waals surface area (Å²) in [5.41, 5.74) is 8.44. The Morgan fingerprint density at radius 1 is 1.04 bits per heavy atom. The van der Waals surface area contributed by atoms with Crippen molar-refractivity contribution in [1.82, 2.24) is 20.4 Å². The zero-order chi connectivity index (χ0) is 36.0. The van der Waals surface area contributed by atoms with E-state index in [0.717, 1.165) is 21.2 Å². The fraction of sp³-hybridized carbons (Fsp3) is 0.559. The number of ether oxygens (including phenoxy) is 2. The van der Waals surface area contributed by atoms with Crippen molar-refractivity contribution >= 4 is 40.6 Å². The number of methoxy groups -OCH3 is 1. The van der Waals surface area contributed by atoms with Gasteiger partial charge in [-0.15, -0.1) is 0 Å². The van der Waals surface area contributed by atoms with Crippen molar-refractivity contribution < 1.29 is 33.4 Å². The highest BCUT2D eigenvalue weighted by Gasteiger charge is 2.47. The standard InChI is InChI=1S/C34H47N7O7/c1-20(40(8)32(46)48-34(5,6)7)28(42)37-27(33(2,3)4)30(44)41-17-16-24(38-39-35)26(41)29(43)36-25(31(45)47-9)19-21-14-15-22-12-10-11-13-23(22)18-21/h10-15,18,20,24-27H,16-17,19H2,1-9H3,(H,36,43)(H,37,42)/t20-,24+,25-,26-,27+/m0/s1. The van der Waals surface area contributed by atoms with E-state index in [1.165, 1.54) is 26.0 Å². The molecule has 3 rings (SSSR count). The summed E-state index contributed by atoms with van der Waals surface area (Å²) in [6.07, 6.45) is -0.412. The molecule has 1 aliphatic heterocycles. The first-order valence-corrected chi connectivity index (χ1v) is 15.8. The summed E-state index contributed by atoms with van der Waals surface area (Å²) in [5.74, 6) is -2.57. The Hall–Kier alpha value is -4.84. The molecule has 0 saturated carbocycles. The van der Waals surface area contributed by atoms with Gasteiger partial charge in [0.1, 0.15) is 29.8 Å². The Balaban J connectivity index is 1.86. The quantitative estimate of drug-likeness (QED) is 0.166. The van der Waals surface area contributed by atoms with Gasteiger partial charge in [-0.3, -0.25) is 19.3 Å². The number of hydrogen-bond donors (Lipinski definition) is 2. The van der Waals surface area contributed by atoms with Gasteiger partial charge in [-0.1, -0.05) is 68.4 Å². The number of carbonyl (C=O) groups is 5. The van der Waals surface area contributed by atoms with Gasteiger partial charge >= 0.3 is 12.1 Å². The summed E-state index contributed by atoms with van der Waals surface area (Å²) in [7, 11) is 2.64. The normalized spacial score (nSPS) is 18.1. The van der Waals surface area contributed by atoms with E-state index in [0.29, 0.717) is 0 Å². The van der Waals surface area contributed by atoms with Crippen molar-refractivity contribution in [2.24, 2.45) is 10.5 Å². The zero-order valence-electron chi connectivity index (χ0n) is 29.1. The van der Waals surface area contributed by atoms with E-state index >= 15 is 0 Å². The lowest BCUT2D eigenvalue weighted by Crippen LogP contribution is -2.61. The average molecular weight is 666 g/mol. The lowest BCUT2D eigenvalue weighted by Gasteiger charge is -2.37. The molecule has 0 aromatic heterocycles. The summed E-state index contributed by atoms with van der Waals surface area (Å²) in [5, 5.41) is 11.3. The molecule has 260 valence electrons. The lowest BCUT2D eigenvalue weighted by atomic mass is 9.85. The molecule has 14 nitrogen and oxygen atoms in total. The van der Waals surface area contributed by atoms with E-state index in [9.17, 15) is 29.5 Å². The molecule has 1 heterocycles. The van der Waals surface area contributed by atoms with E-state index < -0.39 is 71.0 Å². The minimum Gasteiger partial charge on any atom is -0.467 e. The van der Waals surface area contributed by atoms with Crippen LogP contribution in [0.15, 0.2) is 47.6 Å². The number of carbonyl (C=O) groups excluding carboxylic acids is 5. The summed E-state index contributed by atoms with van der Waals surface area (Å²) in [4.78, 5) is 72.3. The Kier molecular flexibility index (Phi) is 12.0. The second kappa shape index (κ2) is 15.4. The van der Waals surface area contributed by atoms with Crippen LogP contribution in [0.1, 0.15) is 60.5 Å². The predicted octanol–water partition coefficient (Wildman–Crippen LogP) is 4.11.